The molecule has 1 heteroatoms. The highest BCUT2D eigenvalue weighted by Gasteiger charge is 1.99. The molecule has 14 heavy (non-hydrogen) atoms. The number of carbonyl (C=O) groups excluding carboxylic acids is 1. The van der Waals surface area contributed by atoms with E-state index in [2.05, 4.69) is 18.7 Å². The minimum absolute atomic E-state index is 0.109. The molecule has 0 heterocycles. The van der Waals surface area contributed by atoms with Gasteiger partial charge in [-0.25, -0.2) is 0 Å². The number of hydrogen-bond donors (Lipinski definition) is 0. The van der Waals surface area contributed by atoms with Crippen LogP contribution in [0.15, 0.2) is 42.5 Å². The molecule has 0 saturated heterocycles. The second-order valence-electron chi connectivity index (χ2n) is 3.50. The van der Waals surface area contributed by atoms with Crippen molar-refractivity contribution >= 4 is 5.78 Å². The molecule has 0 aliphatic carbocycles. The third-order valence-electron chi connectivity index (χ3n) is 2.28. The summed E-state index contributed by atoms with van der Waals surface area (Å²) in [4.78, 5) is 10.9. The number of Topliss-reactive ketones (excluding diaryl/α,β-unsaturated/α-hetero) is 1. The maximum Gasteiger partial charge on any atom is 0.155 e. The molecule has 0 atom stereocenters. The van der Waals surface area contributed by atoms with Gasteiger partial charge in [-0.2, -0.15) is 0 Å². The molecule has 0 spiro atoms. The van der Waals surface area contributed by atoms with Gasteiger partial charge >= 0.3 is 0 Å². The van der Waals surface area contributed by atoms with Crippen LogP contribution in [0.5, 0.6) is 0 Å². The summed E-state index contributed by atoms with van der Waals surface area (Å²) in [5.41, 5.74) is 2.06. The summed E-state index contributed by atoms with van der Waals surface area (Å²) in [6.07, 6.45) is 2.83. The molecule has 1 aromatic rings. The Morgan fingerprint density at radius 1 is 1.29 bits per heavy atom. The van der Waals surface area contributed by atoms with E-state index >= 15 is 0 Å². The van der Waals surface area contributed by atoms with Crippen LogP contribution < -0.4 is 0 Å². The maximum absolute atomic E-state index is 10.9. The first-order valence-electron chi connectivity index (χ1n) is 4.93. The van der Waals surface area contributed by atoms with E-state index in [-0.39, 0.29) is 5.78 Å². The lowest BCUT2D eigenvalue weighted by molar-refractivity contribution is -0.113. The number of benzene rings is 1. The first-order chi connectivity index (χ1) is 6.70. The number of carbonyl (C=O) groups is 1. The predicted molar refractivity (Wildman–Crippen MR) is 59.2 cm³/mol. The molecular formula is C13H16O. The number of ketones is 1. The molecule has 1 nitrogen and oxygen atoms in total. The van der Waals surface area contributed by atoms with E-state index in [1.807, 2.05) is 18.2 Å². The van der Waals surface area contributed by atoms with Crippen molar-refractivity contribution in [2.45, 2.75) is 26.2 Å². The van der Waals surface area contributed by atoms with Gasteiger partial charge in [0.15, 0.2) is 5.78 Å². The van der Waals surface area contributed by atoms with Gasteiger partial charge in [0.2, 0.25) is 0 Å². The first kappa shape index (κ1) is 10.7. The van der Waals surface area contributed by atoms with Gasteiger partial charge in [-0.05, 0) is 37.3 Å². The molecule has 0 radical (unpaired) electrons. The van der Waals surface area contributed by atoms with E-state index in [1.54, 1.807) is 6.92 Å². The zero-order chi connectivity index (χ0) is 10.4. The van der Waals surface area contributed by atoms with Gasteiger partial charge in [-0.3, -0.25) is 4.79 Å². The van der Waals surface area contributed by atoms with E-state index in [0.717, 1.165) is 24.8 Å². The van der Waals surface area contributed by atoms with Crippen LogP contribution in [0, 0.1) is 0 Å². The largest absolute Gasteiger partial charge is 0.295 e. The quantitative estimate of drug-likeness (QED) is 0.649. The highest BCUT2D eigenvalue weighted by atomic mass is 16.1. The SMILES string of the molecule is C=C(CCCc1ccccc1)C(C)=O. The molecule has 0 aromatic heterocycles. The number of aryl methyl sites for hydroxylation is 1. The average Bonchev–Trinajstić information content (AvgIpc) is 2.19. The Bertz CT molecular complexity index is 311. The Kier molecular flexibility index (Phi) is 4.11. The molecule has 0 unspecified atom stereocenters. The molecule has 0 aliphatic heterocycles. The number of hydrogen-bond acceptors (Lipinski definition) is 1. The Morgan fingerprint density at radius 2 is 1.93 bits per heavy atom. The fourth-order valence-corrected chi connectivity index (χ4v) is 1.33. The van der Waals surface area contributed by atoms with Crippen LogP contribution in [0.25, 0.3) is 0 Å². The summed E-state index contributed by atoms with van der Waals surface area (Å²) in [7, 11) is 0. The molecule has 1 aromatic carbocycles. The summed E-state index contributed by atoms with van der Waals surface area (Å²) in [6.45, 7) is 5.31. The molecule has 0 bridgehead atoms. The van der Waals surface area contributed by atoms with Gasteiger partial charge in [0.25, 0.3) is 0 Å². The Hall–Kier alpha value is -1.37. The van der Waals surface area contributed by atoms with Gasteiger partial charge in [-0.15, -0.1) is 0 Å². The molecule has 74 valence electrons. The minimum atomic E-state index is 0.109. The molecule has 1 rings (SSSR count). The lowest BCUT2D eigenvalue weighted by Crippen LogP contribution is -1.95. The smallest absolute Gasteiger partial charge is 0.155 e. The zero-order valence-electron chi connectivity index (χ0n) is 8.62. The standard InChI is InChI=1S/C13H16O/c1-11(12(2)14)7-6-10-13-8-4-3-5-9-13/h3-5,8-9H,1,6-7,10H2,2H3. The van der Waals surface area contributed by atoms with Crippen molar-refractivity contribution in [3.8, 4) is 0 Å². The van der Waals surface area contributed by atoms with Crippen molar-refractivity contribution in [1.82, 2.24) is 0 Å². The Labute approximate surface area is 85.5 Å². The molecule has 0 fully saturated rings. The minimum Gasteiger partial charge on any atom is -0.295 e. The summed E-state index contributed by atoms with van der Waals surface area (Å²) in [5.74, 6) is 0.109. The van der Waals surface area contributed by atoms with Crippen LogP contribution in [0.1, 0.15) is 25.3 Å². The van der Waals surface area contributed by atoms with Crippen molar-refractivity contribution in [1.29, 1.82) is 0 Å². The normalized spacial score (nSPS) is 9.79. The van der Waals surface area contributed by atoms with Crippen molar-refractivity contribution in [2.75, 3.05) is 0 Å². The average molecular weight is 188 g/mol. The summed E-state index contributed by atoms with van der Waals surface area (Å²) < 4.78 is 0. The van der Waals surface area contributed by atoms with E-state index in [4.69, 9.17) is 0 Å². The van der Waals surface area contributed by atoms with Crippen molar-refractivity contribution in [3.63, 3.8) is 0 Å². The monoisotopic (exact) mass is 188 g/mol. The molecular weight excluding hydrogens is 172 g/mol. The van der Waals surface area contributed by atoms with Crippen molar-refractivity contribution in [3.05, 3.63) is 48.0 Å². The van der Waals surface area contributed by atoms with E-state index in [1.165, 1.54) is 5.56 Å². The highest BCUT2D eigenvalue weighted by molar-refractivity contribution is 5.92. The van der Waals surface area contributed by atoms with Gasteiger partial charge in [-0.1, -0.05) is 36.9 Å². The van der Waals surface area contributed by atoms with Crippen LogP contribution in [0.4, 0.5) is 0 Å². The maximum atomic E-state index is 10.9. The zero-order valence-corrected chi connectivity index (χ0v) is 8.62. The molecule has 0 saturated carbocycles. The van der Waals surface area contributed by atoms with Crippen LogP contribution in [0.2, 0.25) is 0 Å². The number of rotatable bonds is 5. The second kappa shape index (κ2) is 5.38. The molecule has 0 N–H and O–H groups in total. The van der Waals surface area contributed by atoms with Crippen LogP contribution >= 0.6 is 0 Å². The summed E-state index contributed by atoms with van der Waals surface area (Å²) in [5, 5.41) is 0. The topological polar surface area (TPSA) is 17.1 Å². The summed E-state index contributed by atoms with van der Waals surface area (Å²) in [6, 6.07) is 10.3. The third-order valence-corrected chi connectivity index (χ3v) is 2.28. The predicted octanol–water partition coefficient (Wildman–Crippen LogP) is 3.15. The van der Waals surface area contributed by atoms with E-state index < -0.39 is 0 Å². The van der Waals surface area contributed by atoms with Gasteiger partial charge < -0.3 is 0 Å². The molecule has 0 amide bonds. The lowest BCUT2D eigenvalue weighted by atomic mass is 10.0. The highest BCUT2D eigenvalue weighted by Crippen LogP contribution is 2.09. The fourth-order valence-electron chi connectivity index (χ4n) is 1.33. The lowest BCUT2D eigenvalue weighted by Gasteiger charge is -2.01. The van der Waals surface area contributed by atoms with Crippen molar-refractivity contribution < 1.29 is 4.79 Å². The molecule has 0 aliphatic rings. The van der Waals surface area contributed by atoms with Gasteiger partial charge in [0.05, 0.1) is 0 Å². The first-order valence-corrected chi connectivity index (χ1v) is 4.93. The van der Waals surface area contributed by atoms with Gasteiger partial charge in [0.1, 0.15) is 0 Å². The van der Waals surface area contributed by atoms with Gasteiger partial charge in [0, 0.05) is 0 Å². The van der Waals surface area contributed by atoms with E-state index in [9.17, 15) is 4.79 Å². The third kappa shape index (κ3) is 3.56. The van der Waals surface area contributed by atoms with Crippen LogP contribution in [-0.4, -0.2) is 5.78 Å². The summed E-state index contributed by atoms with van der Waals surface area (Å²) >= 11 is 0. The van der Waals surface area contributed by atoms with Crippen molar-refractivity contribution in [2.24, 2.45) is 0 Å². The van der Waals surface area contributed by atoms with E-state index in [0.29, 0.717) is 0 Å². The Balaban J connectivity index is 2.29. The fraction of sp³-hybridized carbons (Fsp3) is 0.308. The number of allylic oxidation sites excluding steroid dienone is 1. The van der Waals surface area contributed by atoms with Crippen LogP contribution in [0.3, 0.4) is 0 Å². The second-order valence-corrected chi connectivity index (χ2v) is 3.50. The Morgan fingerprint density at radius 3 is 2.50 bits per heavy atom. The van der Waals surface area contributed by atoms with Crippen LogP contribution in [-0.2, 0) is 11.2 Å².